The molecular weight excluding hydrogens is 350 g/mol. The lowest BCUT2D eigenvalue weighted by Crippen LogP contribution is -2.34. The molecule has 1 aliphatic rings. The molecule has 0 aliphatic carbocycles. The Hall–Kier alpha value is -2.93. The molecule has 2 aromatic carbocycles. The molecule has 0 saturated carbocycles. The van der Waals surface area contributed by atoms with Crippen LogP contribution in [0, 0.1) is 0 Å². The lowest BCUT2D eigenvalue weighted by Gasteiger charge is -2.26. The zero-order valence-electron chi connectivity index (χ0n) is 14.2. The van der Waals surface area contributed by atoms with Crippen LogP contribution in [0.25, 0.3) is 10.2 Å². The van der Waals surface area contributed by atoms with E-state index in [2.05, 4.69) is 10.3 Å². The van der Waals surface area contributed by atoms with Crippen LogP contribution in [-0.4, -0.2) is 41.9 Å². The Labute approximate surface area is 154 Å². The Balaban J connectivity index is 1.44. The average molecular weight is 367 g/mol. The van der Waals surface area contributed by atoms with E-state index in [4.69, 9.17) is 4.74 Å². The van der Waals surface area contributed by atoms with Crippen LogP contribution >= 0.6 is 11.3 Å². The first-order valence-electron chi connectivity index (χ1n) is 8.27. The maximum absolute atomic E-state index is 12.2. The highest BCUT2D eigenvalue weighted by Crippen LogP contribution is 2.28. The number of carbonyl (C=O) groups is 2. The van der Waals surface area contributed by atoms with Crippen LogP contribution in [0.15, 0.2) is 42.5 Å². The molecule has 2 amide bonds. The first-order chi connectivity index (χ1) is 12.6. The molecule has 132 valence electrons. The first-order valence-corrected chi connectivity index (χ1v) is 9.09. The van der Waals surface area contributed by atoms with Crippen LogP contribution < -0.4 is 10.1 Å². The van der Waals surface area contributed by atoms with Crippen molar-refractivity contribution in [2.75, 3.05) is 25.5 Å². The molecule has 4 rings (SSSR count). The van der Waals surface area contributed by atoms with Gasteiger partial charge >= 0.3 is 0 Å². The van der Waals surface area contributed by atoms with E-state index >= 15 is 0 Å². The fraction of sp³-hybridized carbons (Fsp3) is 0.211. The third-order valence-electron chi connectivity index (χ3n) is 4.31. The number of likely N-dealkylation sites (N-methyl/N-ethyl adjacent to an activating group) is 1. The fourth-order valence-electron chi connectivity index (χ4n) is 2.97. The van der Waals surface area contributed by atoms with Crippen molar-refractivity contribution in [1.29, 1.82) is 0 Å². The highest BCUT2D eigenvalue weighted by atomic mass is 32.1. The predicted octanol–water partition coefficient (Wildman–Crippen LogP) is 2.94. The molecule has 26 heavy (non-hydrogen) atoms. The Morgan fingerprint density at radius 1 is 1.27 bits per heavy atom. The van der Waals surface area contributed by atoms with E-state index in [1.54, 1.807) is 30.1 Å². The summed E-state index contributed by atoms with van der Waals surface area (Å²) in [7, 11) is 1.78. The molecule has 2 heterocycles. The first kappa shape index (κ1) is 16.5. The summed E-state index contributed by atoms with van der Waals surface area (Å²) in [5, 5.41) is 3.31. The summed E-state index contributed by atoms with van der Waals surface area (Å²) in [5.41, 5.74) is 2.36. The molecule has 0 saturated heterocycles. The van der Waals surface area contributed by atoms with Gasteiger partial charge in [0.05, 0.1) is 10.2 Å². The number of rotatable bonds is 4. The topological polar surface area (TPSA) is 71.5 Å². The van der Waals surface area contributed by atoms with Gasteiger partial charge in [0.25, 0.3) is 11.8 Å². The molecule has 0 spiro atoms. The summed E-state index contributed by atoms with van der Waals surface area (Å²) in [6, 6.07) is 13.1. The summed E-state index contributed by atoms with van der Waals surface area (Å²) in [6.45, 7) is 0.514. The van der Waals surface area contributed by atoms with Crippen LogP contribution in [0.3, 0.4) is 0 Å². The second kappa shape index (κ2) is 6.76. The lowest BCUT2D eigenvalue weighted by molar-refractivity contribution is -0.118. The normalized spacial score (nSPS) is 13.6. The Bertz CT molecular complexity index is 966. The summed E-state index contributed by atoms with van der Waals surface area (Å²) >= 11 is 1.42. The number of anilines is 1. The number of carbonyl (C=O) groups excluding carboxylic acids is 2. The van der Waals surface area contributed by atoms with E-state index in [9.17, 15) is 9.59 Å². The van der Waals surface area contributed by atoms with Crippen molar-refractivity contribution in [2.24, 2.45) is 0 Å². The smallest absolute Gasteiger partial charge is 0.264 e. The number of para-hydroxylation sites is 1. The Morgan fingerprint density at radius 3 is 2.96 bits per heavy atom. The van der Waals surface area contributed by atoms with E-state index < -0.39 is 0 Å². The predicted molar refractivity (Wildman–Crippen MR) is 101 cm³/mol. The lowest BCUT2D eigenvalue weighted by atomic mass is 9.98. The SMILES string of the molecule is CN1CCc2c(OCC(=O)Nc3nc4ccccc4s3)cccc2C1=O. The minimum Gasteiger partial charge on any atom is -0.483 e. The molecule has 0 bridgehead atoms. The van der Waals surface area contributed by atoms with E-state index in [-0.39, 0.29) is 18.4 Å². The number of nitrogens with one attached hydrogen (secondary N) is 1. The molecule has 7 heteroatoms. The minimum atomic E-state index is -0.277. The monoisotopic (exact) mass is 367 g/mol. The molecule has 1 aromatic heterocycles. The fourth-order valence-corrected chi connectivity index (χ4v) is 3.85. The zero-order valence-corrected chi connectivity index (χ0v) is 15.0. The van der Waals surface area contributed by atoms with Crippen molar-refractivity contribution < 1.29 is 14.3 Å². The van der Waals surface area contributed by atoms with Crippen molar-refractivity contribution in [3.63, 3.8) is 0 Å². The molecule has 0 radical (unpaired) electrons. The van der Waals surface area contributed by atoms with Crippen LogP contribution in [0.4, 0.5) is 5.13 Å². The van der Waals surface area contributed by atoms with Gasteiger partial charge in [0.2, 0.25) is 0 Å². The molecule has 0 atom stereocenters. The van der Waals surface area contributed by atoms with Gasteiger partial charge in [-0.15, -0.1) is 0 Å². The third-order valence-corrected chi connectivity index (χ3v) is 5.26. The van der Waals surface area contributed by atoms with Crippen molar-refractivity contribution >= 4 is 38.5 Å². The number of amides is 2. The molecule has 3 aromatic rings. The van der Waals surface area contributed by atoms with Crippen molar-refractivity contribution in [3.05, 3.63) is 53.6 Å². The summed E-state index contributed by atoms with van der Waals surface area (Å²) in [5.74, 6) is 0.292. The van der Waals surface area contributed by atoms with Gasteiger partial charge in [-0.25, -0.2) is 4.98 Å². The van der Waals surface area contributed by atoms with Gasteiger partial charge in [-0.3, -0.25) is 14.9 Å². The maximum atomic E-state index is 12.2. The zero-order chi connectivity index (χ0) is 18.1. The second-order valence-corrected chi connectivity index (χ2v) is 7.11. The standard InChI is InChI=1S/C19H17N3O3S/c1-22-10-9-12-13(18(22)24)5-4-7-15(12)25-11-17(23)21-19-20-14-6-2-3-8-16(14)26-19/h2-8H,9-11H2,1H3,(H,20,21,23). The molecule has 1 N–H and O–H groups in total. The van der Waals surface area contributed by atoms with Gasteiger partial charge in [-0.1, -0.05) is 29.5 Å². The van der Waals surface area contributed by atoms with Gasteiger partial charge in [-0.2, -0.15) is 0 Å². The Kier molecular flexibility index (Phi) is 4.30. The van der Waals surface area contributed by atoms with E-state index in [1.807, 2.05) is 24.3 Å². The number of ether oxygens (including phenoxy) is 1. The summed E-state index contributed by atoms with van der Waals surface area (Å²) in [4.78, 5) is 30.5. The van der Waals surface area contributed by atoms with E-state index in [0.717, 1.165) is 15.8 Å². The van der Waals surface area contributed by atoms with Crippen LogP contribution in [-0.2, 0) is 11.2 Å². The van der Waals surface area contributed by atoms with Gasteiger partial charge in [0.15, 0.2) is 11.7 Å². The van der Waals surface area contributed by atoms with E-state index in [1.165, 1.54) is 11.3 Å². The quantitative estimate of drug-likeness (QED) is 0.770. The van der Waals surface area contributed by atoms with Gasteiger partial charge in [0.1, 0.15) is 5.75 Å². The largest absolute Gasteiger partial charge is 0.483 e. The third kappa shape index (κ3) is 3.13. The summed E-state index contributed by atoms with van der Waals surface area (Å²) in [6.07, 6.45) is 0.716. The highest BCUT2D eigenvalue weighted by Gasteiger charge is 2.24. The molecule has 0 unspecified atom stereocenters. The number of hydrogen-bond acceptors (Lipinski definition) is 5. The van der Waals surface area contributed by atoms with Crippen LogP contribution in [0.2, 0.25) is 0 Å². The molecule has 0 fully saturated rings. The van der Waals surface area contributed by atoms with E-state index in [0.29, 0.717) is 29.4 Å². The van der Waals surface area contributed by atoms with Gasteiger partial charge in [-0.05, 0) is 30.7 Å². The van der Waals surface area contributed by atoms with Crippen molar-refractivity contribution in [1.82, 2.24) is 9.88 Å². The summed E-state index contributed by atoms with van der Waals surface area (Å²) < 4.78 is 6.71. The molecular formula is C19H17N3O3S. The number of fused-ring (bicyclic) bond motifs is 2. The van der Waals surface area contributed by atoms with Crippen molar-refractivity contribution in [3.8, 4) is 5.75 Å². The average Bonchev–Trinajstić information content (AvgIpc) is 3.05. The minimum absolute atomic E-state index is 0.0179. The number of benzene rings is 2. The number of hydrogen-bond donors (Lipinski definition) is 1. The maximum Gasteiger partial charge on any atom is 0.264 e. The van der Waals surface area contributed by atoms with Crippen molar-refractivity contribution in [2.45, 2.75) is 6.42 Å². The Morgan fingerprint density at radius 2 is 2.12 bits per heavy atom. The number of nitrogens with zero attached hydrogens (tertiary/aromatic N) is 2. The van der Waals surface area contributed by atoms with Gasteiger partial charge in [0, 0.05) is 24.7 Å². The van der Waals surface area contributed by atoms with Crippen LogP contribution in [0.5, 0.6) is 5.75 Å². The molecule has 6 nitrogen and oxygen atoms in total. The second-order valence-electron chi connectivity index (χ2n) is 6.08. The van der Waals surface area contributed by atoms with Crippen LogP contribution in [0.1, 0.15) is 15.9 Å². The highest BCUT2D eigenvalue weighted by molar-refractivity contribution is 7.22. The molecule has 1 aliphatic heterocycles. The number of thiazole rings is 1. The van der Waals surface area contributed by atoms with Gasteiger partial charge < -0.3 is 9.64 Å². The number of aromatic nitrogens is 1.